The molecule has 7 heteroatoms. The van der Waals surface area contributed by atoms with E-state index in [0.29, 0.717) is 19.8 Å². The van der Waals surface area contributed by atoms with Crippen LogP contribution in [0.1, 0.15) is 18.9 Å². The first kappa shape index (κ1) is 21.2. The summed E-state index contributed by atoms with van der Waals surface area (Å²) in [6, 6.07) is 2.08. The number of rotatable bonds is 10. The second kappa shape index (κ2) is 13.8. The zero-order valence-corrected chi connectivity index (χ0v) is 16.1. The molecule has 0 unspecified atom stereocenters. The number of guanidine groups is 1. The lowest BCUT2D eigenvalue weighted by atomic mass is 10.3. The van der Waals surface area contributed by atoms with E-state index in [1.54, 1.807) is 7.11 Å². The van der Waals surface area contributed by atoms with Gasteiger partial charge in [-0.05, 0) is 25.0 Å². The van der Waals surface area contributed by atoms with Crippen molar-refractivity contribution in [3.8, 4) is 0 Å². The minimum Gasteiger partial charge on any atom is -0.382 e. The Labute approximate surface area is 150 Å². The Morgan fingerprint density at radius 1 is 1.27 bits per heavy atom. The second-order valence-electron chi connectivity index (χ2n) is 4.77. The second-order valence-corrected chi connectivity index (χ2v) is 4.77. The van der Waals surface area contributed by atoms with Crippen molar-refractivity contribution >= 4 is 29.9 Å². The lowest BCUT2D eigenvalue weighted by Gasteiger charge is -2.11. The first-order chi connectivity index (χ1) is 10.3. The molecule has 0 aliphatic rings. The number of halogens is 1. The molecule has 0 aliphatic carbocycles. The van der Waals surface area contributed by atoms with Gasteiger partial charge in [0.25, 0.3) is 0 Å². The van der Waals surface area contributed by atoms with Gasteiger partial charge in [0.05, 0.1) is 19.8 Å². The number of hydrogen-bond acceptors (Lipinski definition) is 3. The highest BCUT2D eigenvalue weighted by molar-refractivity contribution is 14.0. The summed E-state index contributed by atoms with van der Waals surface area (Å²) in [5.74, 6) is 0.846. The summed E-state index contributed by atoms with van der Waals surface area (Å²) < 4.78 is 12.4. The fraction of sp³-hybridized carbons (Fsp3) is 0.667. The molecule has 1 rings (SSSR count). The lowest BCUT2D eigenvalue weighted by Crippen LogP contribution is -2.38. The largest absolute Gasteiger partial charge is 0.382 e. The maximum atomic E-state index is 5.42. The minimum atomic E-state index is 0. The topological polar surface area (TPSA) is 59.8 Å². The molecule has 0 radical (unpaired) electrons. The number of nitrogens with zero attached hydrogens (tertiary/aromatic N) is 2. The molecule has 0 aliphatic heterocycles. The molecule has 128 valence electrons. The van der Waals surface area contributed by atoms with Crippen molar-refractivity contribution < 1.29 is 9.47 Å². The van der Waals surface area contributed by atoms with Crippen LogP contribution in [0.2, 0.25) is 0 Å². The van der Waals surface area contributed by atoms with E-state index in [1.165, 1.54) is 5.56 Å². The standard InChI is InChI=1S/C15H28N4O2.HI/c1-4-16-15(17-7-5-9-21-11-10-20-3)18-12-14-6-8-19(2)13-14;/h6,8,13H,4-5,7,9-12H2,1-3H3,(H2,16,17,18);1H. The monoisotopic (exact) mass is 424 g/mol. The third kappa shape index (κ3) is 10.0. The van der Waals surface area contributed by atoms with Crippen LogP contribution in [0.15, 0.2) is 23.5 Å². The Morgan fingerprint density at radius 3 is 2.73 bits per heavy atom. The van der Waals surface area contributed by atoms with Gasteiger partial charge in [0, 0.05) is 46.2 Å². The van der Waals surface area contributed by atoms with Crippen molar-refractivity contribution in [3.05, 3.63) is 24.0 Å². The zero-order valence-electron chi connectivity index (χ0n) is 13.8. The van der Waals surface area contributed by atoms with Gasteiger partial charge in [0.15, 0.2) is 5.96 Å². The highest BCUT2D eigenvalue weighted by Crippen LogP contribution is 2.00. The van der Waals surface area contributed by atoms with Gasteiger partial charge >= 0.3 is 0 Å². The van der Waals surface area contributed by atoms with E-state index >= 15 is 0 Å². The third-order valence-corrected chi connectivity index (χ3v) is 2.85. The summed E-state index contributed by atoms with van der Waals surface area (Å²) in [5.41, 5.74) is 1.21. The molecule has 1 heterocycles. The summed E-state index contributed by atoms with van der Waals surface area (Å²) in [7, 11) is 3.69. The Morgan fingerprint density at radius 2 is 2.09 bits per heavy atom. The molecule has 1 aromatic rings. The van der Waals surface area contributed by atoms with Crippen molar-refractivity contribution in [3.63, 3.8) is 0 Å². The Kier molecular flexibility index (Phi) is 13.3. The van der Waals surface area contributed by atoms with Crippen LogP contribution in [-0.4, -0.2) is 50.5 Å². The number of hydrogen-bond donors (Lipinski definition) is 2. The molecular formula is C15H29IN4O2. The van der Waals surface area contributed by atoms with Crippen LogP contribution in [0.25, 0.3) is 0 Å². The van der Waals surface area contributed by atoms with E-state index in [-0.39, 0.29) is 24.0 Å². The van der Waals surface area contributed by atoms with E-state index in [4.69, 9.17) is 9.47 Å². The predicted molar refractivity (Wildman–Crippen MR) is 101 cm³/mol. The first-order valence-corrected chi connectivity index (χ1v) is 7.46. The highest BCUT2D eigenvalue weighted by atomic mass is 127. The van der Waals surface area contributed by atoms with Crippen LogP contribution in [0.5, 0.6) is 0 Å². The van der Waals surface area contributed by atoms with Crippen molar-refractivity contribution in [2.75, 3.05) is 40.0 Å². The van der Waals surface area contributed by atoms with E-state index in [9.17, 15) is 0 Å². The minimum absolute atomic E-state index is 0. The Hall–Kier alpha value is -0.800. The molecule has 0 aromatic carbocycles. The average Bonchev–Trinajstić information content (AvgIpc) is 2.89. The fourth-order valence-electron chi connectivity index (χ4n) is 1.79. The van der Waals surface area contributed by atoms with Gasteiger partial charge in [-0.25, -0.2) is 4.99 Å². The number of nitrogens with one attached hydrogen (secondary N) is 2. The molecule has 0 amide bonds. The van der Waals surface area contributed by atoms with Crippen LogP contribution in [0.3, 0.4) is 0 Å². The molecule has 2 N–H and O–H groups in total. The molecule has 0 spiro atoms. The van der Waals surface area contributed by atoms with Crippen LogP contribution >= 0.6 is 24.0 Å². The third-order valence-electron chi connectivity index (χ3n) is 2.85. The van der Waals surface area contributed by atoms with Crippen molar-refractivity contribution in [2.24, 2.45) is 12.0 Å². The molecule has 0 saturated carbocycles. The molecule has 0 atom stereocenters. The summed E-state index contributed by atoms with van der Waals surface area (Å²) in [6.07, 6.45) is 5.05. The summed E-state index contributed by atoms with van der Waals surface area (Å²) in [6.45, 7) is 6.47. The Balaban J connectivity index is 0.00000441. The number of methoxy groups -OCH3 is 1. The SMILES string of the molecule is CCNC(=NCc1ccn(C)c1)NCCCOCCOC.I. The molecule has 0 fully saturated rings. The average molecular weight is 424 g/mol. The number of aliphatic imine (C=N–C) groups is 1. The Bertz CT molecular complexity index is 410. The van der Waals surface area contributed by atoms with Crippen molar-refractivity contribution in [1.29, 1.82) is 0 Å². The molecule has 1 aromatic heterocycles. The fourth-order valence-corrected chi connectivity index (χ4v) is 1.79. The van der Waals surface area contributed by atoms with Gasteiger partial charge in [-0.1, -0.05) is 0 Å². The zero-order chi connectivity index (χ0) is 15.3. The smallest absolute Gasteiger partial charge is 0.191 e. The molecule has 6 nitrogen and oxygen atoms in total. The van der Waals surface area contributed by atoms with Gasteiger partial charge in [-0.3, -0.25) is 0 Å². The van der Waals surface area contributed by atoms with E-state index < -0.39 is 0 Å². The van der Waals surface area contributed by atoms with E-state index in [2.05, 4.69) is 34.8 Å². The quantitative estimate of drug-likeness (QED) is 0.260. The summed E-state index contributed by atoms with van der Waals surface area (Å²) >= 11 is 0. The van der Waals surface area contributed by atoms with Crippen LogP contribution < -0.4 is 10.6 Å². The first-order valence-electron chi connectivity index (χ1n) is 7.46. The molecule has 0 saturated heterocycles. The highest BCUT2D eigenvalue weighted by Gasteiger charge is 1.98. The van der Waals surface area contributed by atoms with Gasteiger partial charge in [0.1, 0.15) is 0 Å². The van der Waals surface area contributed by atoms with E-state index in [1.807, 2.05) is 17.8 Å². The maximum Gasteiger partial charge on any atom is 0.191 e. The maximum absolute atomic E-state index is 5.42. The van der Waals surface area contributed by atoms with Gasteiger partial charge in [0.2, 0.25) is 0 Å². The molecule has 22 heavy (non-hydrogen) atoms. The number of aromatic nitrogens is 1. The molecule has 0 bridgehead atoms. The lowest BCUT2D eigenvalue weighted by molar-refractivity contribution is 0.0698. The van der Waals surface area contributed by atoms with Crippen molar-refractivity contribution in [1.82, 2.24) is 15.2 Å². The number of ether oxygens (including phenoxy) is 2. The normalized spacial score (nSPS) is 11.1. The van der Waals surface area contributed by atoms with Crippen LogP contribution in [0, 0.1) is 0 Å². The predicted octanol–water partition coefficient (Wildman–Crippen LogP) is 1.75. The summed E-state index contributed by atoms with van der Waals surface area (Å²) in [4.78, 5) is 4.56. The van der Waals surface area contributed by atoms with Crippen LogP contribution in [0.4, 0.5) is 0 Å². The van der Waals surface area contributed by atoms with Gasteiger partial charge < -0.3 is 24.7 Å². The van der Waals surface area contributed by atoms with Gasteiger partial charge in [-0.15, -0.1) is 24.0 Å². The van der Waals surface area contributed by atoms with E-state index in [0.717, 1.165) is 32.1 Å². The van der Waals surface area contributed by atoms with Gasteiger partial charge in [-0.2, -0.15) is 0 Å². The molecular weight excluding hydrogens is 395 g/mol. The van der Waals surface area contributed by atoms with Crippen LogP contribution in [-0.2, 0) is 23.1 Å². The number of aryl methyl sites for hydroxylation is 1. The summed E-state index contributed by atoms with van der Waals surface area (Å²) in [5, 5.41) is 6.55. The van der Waals surface area contributed by atoms with Crippen molar-refractivity contribution in [2.45, 2.75) is 19.9 Å².